The Kier molecular flexibility index (Phi) is 5.82. The van der Waals surface area contributed by atoms with Gasteiger partial charge in [0.05, 0.1) is 29.5 Å². The summed E-state index contributed by atoms with van der Waals surface area (Å²) >= 11 is 0. The van der Waals surface area contributed by atoms with E-state index in [2.05, 4.69) is 0 Å². The number of hydrogen-bond acceptors (Lipinski definition) is 9. The zero-order valence-corrected chi connectivity index (χ0v) is 21.1. The van der Waals surface area contributed by atoms with Gasteiger partial charge < -0.3 is 21.1 Å². The topological polar surface area (TPSA) is 175 Å². The lowest BCUT2D eigenvalue weighted by molar-refractivity contribution is -0.196. The fourth-order valence-corrected chi connectivity index (χ4v) is 6.59. The van der Waals surface area contributed by atoms with Crippen molar-refractivity contribution in [3.63, 3.8) is 0 Å². The van der Waals surface area contributed by atoms with Crippen LogP contribution in [0.4, 0.5) is 0 Å². The van der Waals surface area contributed by atoms with Crippen LogP contribution < -0.4 is 5.73 Å². The molecule has 3 aliphatic carbocycles. The molecular formula is C26H32N2O8. The lowest BCUT2D eigenvalue weighted by atomic mass is 9.49. The van der Waals surface area contributed by atoms with Crippen LogP contribution in [0.25, 0.3) is 0 Å². The maximum Gasteiger partial charge on any atom is 0.235 e. The molecule has 3 aliphatic rings. The predicted octanol–water partition coefficient (Wildman–Crippen LogP) is -0.304. The molecule has 5 N–H and O–H groups in total. The van der Waals surface area contributed by atoms with E-state index < -0.39 is 81.8 Å². The van der Waals surface area contributed by atoms with E-state index in [-0.39, 0.29) is 11.3 Å². The third kappa shape index (κ3) is 3.17. The van der Waals surface area contributed by atoms with Crippen molar-refractivity contribution in [3.8, 4) is 5.75 Å². The van der Waals surface area contributed by atoms with Gasteiger partial charge in [-0.1, -0.05) is 39.8 Å². The fourth-order valence-electron chi connectivity index (χ4n) is 6.59. The highest BCUT2D eigenvalue weighted by Gasteiger charge is 2.72. The SMILES string of the molecule is C[C@@H]1c2ccc(C(C)(C)C)c(O)c2C(=O)C2C(=O)[C@@]3(O)C(=O)C(C(N)=O)C(=O)[C@H](N(C)C)[C@H]3[C@H](O)[C@H]21. The van der Waals surface area contributed by atoms with Crippen LogP contribution in [-0.2, 0) is 24.6 Å². The Morgan fingerprint density at radius 3 is 2.17 bits per heavy atom. The number of fused-ring (bicyclic) bond motifs is 3. The first-order valence-electron chi connectivity index (χ1n) is 11.9. The molecule has 2 saturated carbocycles. The van der Waals surface area contributed by atoms with E-state index in [1.54, 1.807) is 19.1 Å². The first kappa shape index (κ1) is 26.1. The van der Waals surface area contributed by atoms with E-state index in [1.807, 2.05) is 20.8 Å². The zero-order chi connectivity index (χ0) is 27.2. The number of amides is 1. The quantitative estimate of drug-likeness (QED) is 0.397. The van der Waals surface area contributed by atoms with E-state index in [4.69, 9.17) is 5.73 Å². The molecule has 2 fully saturated rings. The molecule has 10 heteroatoms. The van der Waals surface area contributed by atoms with Gasteiger partial charge in [0.1, 0.15) is 5.75 Å². The Labute approximate surface area is 208 Å². The third-order valence-corrected chi connectivity index (χ3v) is 8.30. The molecule has 36 heavy (non-hydrogen) atoms. The van der Waals surface area contributed by atoms with E-state index in [0.29, 0.717) is 11.1 Å². The number of rotatable bonds is 2. The van der Waals surface area contributed by atoms with Crippen LogP contribution in [0.2, 0.25) is 0 Å². The number of likely N-dealkylation sites (N-methyl/N-ethyl adjacent to an activating group) is 1. The minimum absolute atomic E-state index is 0.0891. The number of carbonyl (C=O) groups is 5. The van der Waals surface area contributed by atoms with Gasteiger partial charge in [-0.05, 0) is 36.6 Å². The number of phenols is 1. The molecule has 10 nitrogen and oxygen atoms in total. The van der Waals surface area contributed by atoms with Crippen LogP contribution in [0.1, 0.15) is 55.1 Å². The second-order valence-electron chi connectivity index (χ2n) is 11.5. The maximum atomic E-state index is 13.9. The molecule has 1 amide bonds. The number of aliphatic hydroxyl groups is 2. The van der Waals surface area contributed by atoms with Crippen LogP contribution in [-0.4, -0.2) is 81.1 Å². The van der Waals surface area contributed by atoms with E-state index in [9.17, 15) is 39.3 Å². The van der Waals surface area contributed by atoms with Gasteiger partial charge in [0.15, 0.2) is 34.7 Å². The van der Waals surface area contributed by atoms with Gasteiger partial charge >= 0.3 is 0 Å². The third-order valence-electron chi connectivity index (χ3n) is 8.30. The molecular weight excluding hydrogens is 468 g/mol. The summed E-state index contributed by atoms with van der Waals surface area (Å²) in [6.45, 7) is 7.23. The fraction of sp³-hybridized carbons (Fsp3) is 0.577. The van der Waals surface area contributed by atoms with Crippen LogP contribution >= 0.6 is 0 Å². The van der Waals surface area contributed by atoms with Gasteiger partial charge in [-0.25, -0.2) is 0 Å². The number of nitrogens with two attached hydrogens (primary N) is 1. The van der Waals surface area contributed by atoms with Crippen molar-refractivity contribution in [2.45, 2.75) is 56.8 Å². The zero-order valence-electron chi connectivity index (χ0n) is 21.1. The summed E-state index contributed by atoms with van der Waals surface area (Å²) in [6, 6.07) is 1.99. The van der Waals surface area contributed by atoms with Gasteiger partial charge in [0, 0.05) is 5.92 Å². The molecule has 0 heterocycles. The summed E-state index contributed by atoms with van der Waals surface area (Å²) in [5, 5.41) is 34.3. The summed E-state index contributed by atoms with van der Waals surface area (Å²) in [6.07, 6.45) is -1.64. The molecule has 0 saturated heterocycles. The van der Waals surface area contributed by atoms with Gasteiger partial charge in [-0.2, -0.15) is 0 Å². The average Bonchev–Trinajstić information content (AvgIpc) is 2.75. The molecule has 0 bridgehead atoms. The molecule has 0 radical (unpaired) electrons. The van der Waals surface area contributed by atoms with Crippen molar-refractivity contribution in [2.24, 2.45) is 29.4 Å². The highest BCUT2D eigenvalue weighted by molar-refractivity contribution is 6.32. The minimum Gasteiger partial charge on any atom is -0.507 e. The molecule has 4 rings (SSSR count). The number of nitrogens with zero attached hydrogens (tertiary/aromatic N) is 1. The Balaban J connectivity index is 1.96. The van der Waals surface area contributed by atoms with Gasteiger partial charge in [-0.3, -0.25) is 28.9 Å². The normalized spacial score (nSPS) is 36.4. The largest absolute Gasteiger partial charge is 0.507 e. The molecule has 0 aliphatic heterocycles. The number of hydrogen-bond donors (Lipinski definition) is 4. The van der Waals surface area contributed by atoms with Crippen molar-refractivity contribution in [1.29, 1.82) is 0 Å². The Hall–Kier alpha value is -2.95. The Morgan fingerprint density at radius 1 is 1.08 bits per heavy atom. The van der Waals surface area contributed by atoms with Gasteiger partial charge in [-0.15, -0.1) is 0 Å². The highest BCUT2D eigenvalue weighted by atomic mass is 16.3. The number of carbonyl (C=O) groups excluding carboxylic acids is 5. The van der Waals surface area contributed by atoms with Crippen LogP contribution in [0.3, 0.4) is 0 Å². The van der Waals surface area contributed by atoms with Gasteiger partial charge in [0.25, 0.3) is 0 Å². The predicted molar refractivity (Wildman–Crippen MR) is 126 cm³/mol. The number of benzene rings is 1. The number of primary amides is 1. The van der Waals surface area contributed by atoms with E-state index in [0.717, 1.165) is 0 Å². The maximum absolute atomic E-state index is 13.9. The molecule has 8 atom stereocenters. The highest BCUT2D eigenvalue weighted by Crippen LogP contribution is 2.55. The minimum atomic E-state index is -2.99. The first-order valence-corrected chi connectivity index (χ1v) is 11.9. The number of aliphatic hydroxyl groups excluding tert-OH is 1. The van der Waals surface area contributed by atoms with Crippen LogP contribution in [0, 0.1) is 23.7 Å². The molecule has 2 unspecified atom stereocenters. The van der Waals surface area contributed by atoms with Crippen LogP contribution in [0.15, 0.2) is 12.1 Å². The number of ketones is 4. The monoisotopic (exact) mass is 500 g/mol. The van der Waals surface area contributed by atoms with Crippen molar-refractivity contribution < 1.29 is 39.3 Å². The molecule has 194 valence electrons. The lowest BCUT2D eigenvalue weighted by Crippen LogP contribution is -2.77. The number of phenolic OH excluding ortho intramolecular Hbond substituents is 1. The summed E-state index contributed by atoms with van der Waals surface area (Å²) in [7, 11) is 2.91. The molecule has 0 aromatic heterocycles. The Morgan fingerprint density at radius 2 is 1.67 bits per heavy atom. The summed E-state index contributed by atoms with van der Waals surface area (Å²) in [4.78, 5) is 67.6. The second-order valence-corrected chi connectivity index (χ2v) is 11.5. The second kappa shape index (κ2) is 8.03. The summed E-state index contributed by atoms with van der Waals surface area (Å²) < 4.78 is 0. The Bertz CT molecular complexity index is 1220. The average molecular weight is 501 g/mol. The molecule has 1 aromatic rings. The standard InChI is InChI=1S/C26H32N2O8/c1-9-10-7-8-11(25(2,3)4)18(29)13(10)19(30)14-12(9)20(31)16-17(28(5)6)21(32)15(24(27)35)23(34)26(16,36)22(14)33/h7-9,12,14-17,20,29,31,36H,1-6H3,(H2,27,35)/t9-,12+,14?,15?,16+,17-,20-,26-/m1/s1. The number of aromatic hydroxyl groups is 1. The molecule has 1 aromatic carbocycles. The van der Waals surface area contributed by atoms with Crippen molar-refractivity contribution in [2.75, 3.05) is 14.1 Å². The summed E-state index contributed by atoms with van der Waals surface area (Å²) in [5.41, 5.74) is 2.59. The van der Waals surface area contributed by atoms with Crippen molar-refractivity contribution in [3.05, 3.63) is 28.8 Å². The first-order chi connectivity index (χ1) is 16.5. The smallest absolute Gasteiger partial charge is 0.235 e. The van der Waals surface area contributed by atoms with Gasteiger partial charge in [0.2, 0.25) is 5.91 Å². The van der Waals surface area contributed by atoms with E-state index in [1.165, 1.54) is 19.0 Å². The summed E-state index contributed by atoms with van der Waals surface area (Å²) in [5.74, 6) is -13.1. The van der Waals surface area contributed by atoms with E-state index >= 15 is 0 Å². The van der Waals surface area contributed by atoms with Crippen molar-refractivity contribution in [1.82, 2.24) is 4.90 Å². The van der Waals surface area contributed by atoms with Crippen LogP contribution in [0.5, 0.6) is 5.75 Å². The molecule has 0 spiro atoms. The number of Topliss-reactive ketones (excluding diaryl/α,β-unsaturated/α-hetero) is 4. The van der Waals surface area contributed by atoms with Crippen molar-refractivity contribution >= 4 is 29.0 Å². The lowest BCUT2D eigenvalue weighted by Gasteiger charge is -2.56.